The Kier molecular flexibility index (Phi) is 8.22. The third kappa shape index (κ3) is 5.22. The van der Waals surface area contributed by atoms with Crippen LogP contribution in [0.15, 0.2) is 54.6 Å². The zero-order valence-electron chi connectivity index (χ0n) is 21.8. The molecule has 2 N–H and O–H groups in total. The molecule has 5 nitrogen and oxygen atoms in total. The smallest absolute Gasteiger partial charge is 0.251 e. The number of nitrogens with one attached hydrogen (secondary N) is 1. The molecule has 6 unspecified atom stereocenters. The summed E-state index contributed by atoms with van der Waals surface area (Å²) in [6, 6.07) is 17.5. The highest BCUT2D eigenvalue weighted by molar-refractivity contribution is 5.94. The first kappa shape index (κ1) is 26.4. The molecule has 0 radical (unpaired) electrons. The van der Waals surface area contributed by atoms with Gasteiger partial charge in [0, 0.05) is 24.1 Å². The van der Waals surface area contributed by atoms with Crippen molar-refractivity contribution >= 4 is 5.91 Å². The van der Waals surface area contributed by atoms with Crippen LogP contribution >= 0.6 is 0 Å². The van der Waals surface area contributed by atoms with Gasteiger partial charge in [0.1, 0.15) is 6.10 Å². The number of carbonyl (C=O) groups is 1. The summed E-state index contributed by atoms with van der Waals surface area (Å²) in [5, 5.41) is 15.4. The first-order chi connectivity index (χ1) is 16.1. The molecule has 2 aromatic rings. The summed E-state index contributed by atoms with van der Waals surface area (Å²) in [6.45, 7) is 15.0. The molecule has 1 heterocycles. The van der Waals surface area contributed by atoms with Crippen LogP contribution in [0.25, 0.3) is 0 Å². The minimum Gasteiger partial charge on any atom is -0.389 e. The SMILES string of the molecule is CCC1(C)CC(NC(=O)c2ccccc2)C(C)C(C)(CC)N1OC(C)c1ccc(C(C)O)cc1.[HH]. The van der Waals surface area contributed by atoms with Crippen molar-refractivity contribution < 1.29 is 16.2 Å². The maximum atomic E-state index is 13.0. The van der Waals surface area contributed by atoms with Crippen molar-refractivity contribution in [1.82, 2.24) is 10.4 Å². The number of aliphatic hydroxyl groups is 1. The largest absolute Gasteiger partial charge is 0.389 e. The predicted octanol–water partition coefficient (Wildman–Crippen LogP) is 6.46. The monoisotopic (exact) mass is 468 g/mol. The minimum absolute atomic E-state index is 0. The molecule has 1 aliphatic heterocycles. The number of nitrogens with zero attached hydrogens (tertiary/aromatic N) is 1. The second-order valence-electron chi connectivity index (χ2n) is 10.4. The van der Waals surface area contributed by atoms with E-state index in [0.717, 1.165) is 30.4 Å². The molecule has 5 heteroatoms. The van der Waals surface area contributed by atoms with Gasteiger partial charge in [-0.05, 0) is 76.1 Å². The zero-order valence-corrected chi connectivity index (χ0v) is 21.8. The van der Waals surface area contributed by atoms with Crippen LogP contribution in [0, 0.1) is 5.92 Å². The number of hydroxylamine groups is 2. The van der Waals surface area contributed by atoms with Crippen molar-refractivity contribution in [2.45, 2.75) is 97.1 Å². The Morgan fingerprint density at radius 1 is 1.09 bits per heavy atom. The van der Waals surface area contributed by atoms with E-state index in [2.05, 4.69) is 51.9 Å². The summed E-state index contributed by atoms with van der Waals surface area (Å²) in [6.07, 6.45) is 1.99. The van der Waals surface area contributed by atoms with Gasteiger partial charge in [-0.15, -0.1) is 0 Å². The number of rotatable bonds is 8. The number of hydrogen-bond donors (Lipinski definition) is 2. The van der Waals surface area contributed by atoms with Gasteiger partial charge >= 0.3 is 0 Å². The molecule has 0 saturated carbocycles. The van der Waals surface area contributed by atoms with Crippen LogP contribution in [0.5, 0.6) is 0 Å². The van der Waals surface area contributed by atoms with Crippen LogP contribution < -0.4 is 5.32 Å². The van der Waals surface area contributed by atoms with Gasteiger partial charge in [-0.1, -0.05) is 63.2 Å². The highest BCUT2D eigenvalue weighted by Gasteiger charge is 2.54. The average Bonchev–Trinajstić information content (AvgIpc) is 2.85. The van der Waals surface area contributed by atoms with Gasteiger partial charge in [-0.25, -0.2) is 0 Å². The third-order valence-corrected chi connectivity index (χ3v) is 8.18. The van der Waals surface area contributed by atoms with E-state index in [0.29, 0.717) is 5.56 Å². The summed E-state index contributed by atoms with van der Waals surface area (Å²) in [5.41, 5.74) is 2.18. The van der Waals surface area contributed by atoms with E-state index in [1.807, 2.05) is 54.6 Å². The second-order valence-corrected chi connectivity index (χ2v) is 10.4. The van der Waals surface area contributed by atoms with Gasteiger partial charge in [-0.3, -0.25) is 9.63 Å². The molecule has 0 aromatic heterocycles. The lowest BCUT2D eigenvalue weighted by atomic mass is 9.68. The Morgan fingerprint density at radius 2 is 1.68 bits per heavy atom. The van der Waals surface area contributed by atoms with Crippen molar-refractivity contribution in [1.29, 1.82) is 0 Å². The van der Waals surface area contributed by atoms with Crippen LogP contribution in [0.2, 0.25) is 0 Å². The van der Waals surface area contributed by atoms with Crippen LogP contribution in [0.4, 0.5) is 0 Å². The van der Waals surface area contributed by atoms with Crippen LogP contribution in [-0.4, -0.2) is 33.2 Å². The molecule has 1 saturated heterocycles. The van der Waals surface area contributed by atoms with Crippen LogP contribution in [-0.2, 0) is 4.84 Å². The number of amides is 1. The summed E-state index contributed by atoms with van der Waals surface area (Å²) in [4.78, 5) is 19.8. The fourth-order valence-electron chi connectivity index (χ4n) is 5.25. The molecule has 0 aliphatic carbocycles. The zero-order chi connectivity index (χ0) is 25.1. The first-order valence-electron chi connectivity index (χ1n) is 12.7. The number of aliphatic hydroxyl groups excluding tert-OH is 1. The molecule has 0 bridgehead atoms. The predicted molar refractivity (Wildman–Crippen MR) is 139 cm³/mol. The van der Waals surface area contributed by atoms with Crippen molar-refractivity contribution in [3.8, 4) is 0 Å². The lowest BCUT2D eigenvalue weighted by Gasteiger charge is -2.60. The van der Waals surface area contributed by atoms with Crippen molar-refractivity contribution in [2.75, 3.05) is 0 Å². The minimum atomic E-state index is -0.483. The molecule has 34 heavy (non-hydrogen) atoms. The second kappa shape index (κ2) is 10.6. The maximum Gasteiger partial charge on any atom is 0.251 e. The van der Waals surface area contributed by atoms with Gasteiger partial charge in [0.15, 0.2) is 0 Å². The average molecular weight is 469 g/mol. The van der Waals surface area contributed by atoms with Crippen LogP contribution in [0.3, 0.4) is 0 Å². The Labute approximate surface area is 207 Å². The number of carbonyl (C=O) groups excluding carboxylic acids is 1. The molecule has 6 atom stereocenters. The summed E-state index contributed by atoms with van der Waals surface area (Å²) >= 11 is 0. The summed E-state index contributed by atoms with van der Waals surface area (Å²) in [5.74, 6) is 0.171. The topological polar surface area (TPSA) is 61.8 Å². The van der Waals surface area contributed by atoms with Gasteiger partial charge in [0.05, 0.1) is 6.10 Å². The molecule has 1 fully saturated rings. The highest BCUT2D eigenvalue weighted by Crippen LogP contribution is 2.47. The van der Waals surface area contributed by atoms with Gasteiger partial charge in [-0.2, -0.15) is 5.06 Å². The van der Waals surface area contributed by atoms with E-state index < -0.39 is 6.10 Å². The standard InChI is InChI=1S/C29H42N2O3.H2/c1-8-28(6)19-26(30-27(33)25-13-11-10-12-14-25)20(3)29(7,9-2)31(28)34-22(5)24-17-15-23(16-18-24)21(4)32;/h10-18,20-22,26,32H,8-9,19H2,1-7H3,(H,30,33);1H. The van der Waals surface area contributed by atoms with Crippen LogP contribution in [0.1, 0.15) is 103 Å². The molecule has 2 aromatic carbocycles. The number of piperidine rings is 1. The van der Waals surface area contributed by atoms with Crippen molar-refractivity contribution in [3.05, 3.63) is 71.3 Å². The van der Waals surface area contributed by atoms with Crippen molar-refractivity contribution in [2.24, 2.45) is 5.92 Å². The fraction of sp³-hybridized carbons (Fsp3) is 0.552. The van der Waals surface area contributed by atoms with Crippen molar-refractivity contribution in [3.63, 3.8) is 0 Å². The maximum absolute atomic E-state index is 13.0. The Morgan fingerprint density at radius 3 is 2.21 bits per heavy atom. The number of hydrogen-bond acceptors (Lipinski definition) is 4. The Bertz CT molecular complexity index is 952. The summed E-state index contributed by atoms with van der Waals surface area (Å²) < 4.78 is 0. The fourth-order valence-corrected chi connectivity index (χ4v) is 5.25. The van der Waals surface area contributed by atoms with Gasteiger partial charge < -0.3 is 10.4 Å². The Balaban J connectivity index is 0.00000432. The van der Waals surface area contributed by atoms with E-state index in [1.165, 1.54) is 0 Å². The normalized spacial score (nSPS) is 29.4. The van der Waals surface area contributed by atoms with Gasteiger partial charge in [0.2, 0.25) is 0 Å². The van der Waals surface area contributed by atoms with E-state index in [-0.39, 0.29) is 36.5 Å². The molecule has 1 amide bonds. The summed E-state index contributed by atoms with van der Waals surface area (Å²) in [7, 11) is 0. The Hall–Kier alpha value is -2.21. The molecular formula is C29H44N2O3. The lowest BCUT2D eigenvalue weighted by molar-refractivity contribution is -0.327. The highest BCUT2D eigenvalue weighted by atomic mass is 16.7. The van der Waals surface area contributed by atoms with E-state index >= 15 is 0 Å². The number of benzene rings is 2. The first-order valence-corrected chi connectivity index (χ1v) is 12.7. The lowest BCUT2D eigenvalue weighted by Crippen LogP contribution is -2.70. The third-order valence-electron chi connectivity index (χ3n) is 8.18. The van der Waals surface area contributed by atoms with E-state index in [9.17, 15) is 9.90 Å². The van der Waals surface area contributed by atoms with Gasteiger partial charge in [0.25, 0.3) is 5.91 Å². The van der Waals surface area contributed by atoms with E-state index in [4.69, 9.17) is 4.84 Å². The molecule has 3 rings (SSSR count). The molecular weight excluding hydrogens is 424 g/mol. The molecule has 0 spiro atoms. The molecule has 1 aliphatic rings. The molecule has 188 valence electrons. The van der Waals surface area contributed by atoms with E-state index in [1.54, 1.807) is 6.92 Å². The quantitative estimate of drug-likeness (QED) is 0.467.